The number of hydrogen-bond acceptors (Lipinski definition) is 5. The summed E-state index contributed by atoms with van der Waals surface area (Å²) in [7, 11) is -2.07. The molecule has 9 heteroatoms. The van der Waals surface area contributed by atoms with E-state index in [4.69, 9.17) is 4.74 Å². The van der Waals surface area contributed by atoms with Crippen LogP contribution in [0.4, 0.5) is 14.5 Å². The number of hydrogen-bond donors (Lipinski definition) is 1. The third kappa shape index (κ3) is 5.90. The molecule has 6 nitrogen and oxygen atoms in total. The molecule has 0 saturated heterocycles. The maximum atomic E-state index is 12.8. The number of benzene rings is 2. The maximum absolute atomic E-state index is 12.8. The molecule has 0 aliphatic carbocycles. The van der Waals surface area contributed by atoms with E-state index in [0.717, 1.165) is 0 Å². The Bertz CT molecular complexity index is 946. The second-order valence-corrected chi connectivity index (χ2v) is 8.76. The third-order valence-electron chi connectivity index (χ3n) is 4.26. The molecule has 0 heterocycles. The summed E-state index contributed by atoms with van der Waals surface area (Å²) in [6.45, 7) is 0.0102. The van der Waals surface area contributed by atoms with Gasteiger partial charge >= 0.3 is 6.61 Å². The molecule has 1 atom stereocenters. The van der Waals surface area contributed by atoms with Crippen molar-refractivity contribution in [1.29, 1.82) is 0 Å². The molecule has 0 saturated carbocycles. The number of methoxy groups -OCH3 is 1. The molecular formula is C20H23F2NO5S. The van der Waals surface area contributed by atoms with Gasteiger partial charge in [0.2, 0.25) is 5.91 Å². The van der Waals surface area contributed by atoms with E-state index in [0.29, 0.717) is 23.3 Å². The van der Waals surface area contributed by atoms with Gasteiger partial charge in [-0.15, -0.1) is 0 Å². The number of carbonyl (C=O) groups excluding carboxylic acids is 1. The zero-order chi connectivity index (χ0) is 21.6. The molecule has 0 radical (unpaired) electrons. The topological polar surface area (TPSA) is 81.7 Å². The maximum Gasteiger partial charge on any atom is 0.387 e. The zero-order valence-electron chi connectivity index (χ0n) is 16.3. The van der Waals surface area contributed by atoms with Crippen molar-refractivity contribution in [2.45, 2.75) is 32.1 Å². The van der Waals surface area contributed by atoms with Gasteiger partial charge in [0.1, 0.15) is 16.7 Å². The van der Waals surface area contributed by atoms with Crippen LogP contribution in [0.1, 0.15) is 20.3 Å². The monoisotopic (exact) mass is 427 g/mol. The summed E-state index contributed by atoms with van der Waals surface area (Å²) < 4.78 is 59.4. The highest BCUT2D eigenvalue weighted by molar-refractivity contribution is 7.92. The van der Waals surface area contributed by atoms with Gasteiger partial charge in [-0.1, -0.05) is 19.1 Å². The number of rotatable bonds is 9. The van der Waals surface area contributed by atoms with Gasteiger partial charge in [-0.2, -0.15) is 8.78 Å². The molecular weight excluding hydrogens is 404 g/mol. The van der Waals surface area contributed by atoms with Crippen LogP contribution in [-0.4, -0.2) is 39.0 Å². The number of ether oxygens (including phenoxy) is 2. The number of sulfone groups is 1. The number of nitrogens with one attached hydrogen (secondary N) is 1. The fraction of sp³-hybridized carbons (Fsp3) is 0.350. The molecule has 0 spiro atoms. The van der Waals surface area contributed by atoms with E-state index in [1.165, 1.54) is 32.2 Å². The van der Waals surface area contributed by atoms with Crippen LogP contribution in [0.3, 0.4) is 0 Å². The Labute approximate surface area is 168 Å². The van der Waals surface area contributed by atoms with Crippen LogP contribution in [0.15, 0.2) is 42.5 Å². The summed E-state index contributed by atoms with van der Waals surface area (Å²) in [5.41, 5.74) is 1.14. The molecule has 0 aromatic heterocycles. The van der Waals surface area contributed by atoms with E-state index in [9.17, 15) is 22.0 Å². The SMILES string of the molecule is CCCS(=O)(=O)C(C)C(=O)Nc1ccc(OC(F)F)c(-c2ccc(OC)cc2)c1. The summed E-state index contributed by atoms with van der Waals surface area (Å²) in [6.07, 6.45) is 0.404. The number of anilines is 1. The minimum absolute atomic E-state index is 0.0742. The lowest BCUT2D eigenvalue weighted by atomic mass is 10.0. The normalized spacial score (nSPS) is 12.5. The fourth-order valence-electron chi connectivity index (χ4n) is 2.67. The average Bonchev–Trinajstić information content (AvgIpc) is 2.68. The largest absolute Gasteiger partial charge is 0.497 e. The quantitative estimate of drug-likeness (QED) is 0.651. The molecule has 2 aromatic carbocycles. The zero-order valence-corrected chi connectivity index (χ0v) is 17.1. The van der Waals surface area contributed by atoms with Crippen LogP contribution in [0.5, 0.6) is 11.5 Å². The number of alkyl halides is 2. The van der Waals surface area contributed by atoms with Crippen molar-refractivity contribution in [1.82, 2.24) is 0 Å². The van der Waals surface area contributed by atoms with Gasteiger partial charge in [-0.25, -0.2) is 8.42 Å². The van der Waals surface area contributed by atoms with Gasteiger partial charge in [0.05, 0.1) is 12.9 Å². The Balaban J connectivity index is 2.35. The first-order chi connectivity index (χ1) is 13.7. The average molecular weight is 427 g/mol. The Morgan fingerprint density at radius 3 is 2.34 bits per heavy atom. The van der Waals surface area contributed by atoms with Gasteiger partial charge in [-0.05, 0) is 49.2 Å². The molecule has 2 rings (SSSR count). The third-order valence-corrected chi connectivity index (χ3v) is 6.53. The second kappa shape index (κ2) is 9.69. The van der Waals surface area contributed by atoms with E-state index in [1.54, 1.807) is 31.2 Å². The minimum atomic E-state index is -3.57. The molecule has 1 N–H and O–H groups in total. The molecule has 2 aromatic rings. The van der Waals surface area contributed by atoms with Gasteiger partial charge in [0, 0.05) is 11.3 Å². The molecule has 1 amide bonds. The first-order valence-corrected chi connectivity index (χ1v) is 10.6. The van der Waals surface area contributed by atoms with Crippen molar-refractivity contribution >= 4 is 21.4 Å². The summed E-state index contributed by atoms with van der Waals surface area (Å²) in [6, 6.07) is 10.8. The molecule has 0 bridgehead atoms. The number of halogens is 2. The van der Waals surface area contributed by atoms with Gasteiger partial charge in [-0.3, -0.25) is 4.79 Å². The van der Waals surface area contributed by atoms with Crippen molar-refractivity contribution in [3.8, 4) is 22.6 Å². The van der Waals surface area contributed by atoms with Crippen LogP contribution in [0, 0.1) is 0 Å². The number of amides is 1. The predicted octanol–water partition coefficient (Wildman–Crippen LogP) is 4.12. The Morgan fingerprint density at radius 1 is 1.14 bits per heavy atom. The van der Waals surface area contributed by atoms with E-state index in [-0.39, 0.29) is 17.2 Å². The summed E-state index contributed by atoms with van der Waals surface area (Å²) in [5.74, 6) is -0.277. The van der Waals surface area contributed by atoms with Crippen molar-refractivity contribution < 1.29 is 31.5 Å². The van der Waals surface area contributed by atoms with Crippen LogP contribution in [-0.2, 0) is 14.6 Å². The van der Waals surface area contributed by atoms with Crippen LogP contribution in [0.25, 0.3) is 11.1 Å². The highest BCUT2D eigenvalue weighted by atomic mass is 32.2. The lowest BCUT2D eigenvalue weighted by Gasteiger charge is -2.16. The van der Waals surface area contributed by atoms with Crippen LogP contribution in [0.2, 0.25) is 0 Å². The Kier molecular flexibility index (Phi) is 7.55. The minimum Gasteiger partial charge on any atom is -0.497 e. The molecule has 29 heavy (non-hydrogen) atoms. The van der Waals surface area contributed by atoms with Gasteiger partial charge in [0.15, 0.2) is 9.84 Å². The molecule has 1 unspecified atom stereocenters. The van der Waals surface area contributed by atoms with Crippen LogP contribution < -0.4 is 14.8 Å². The van der Waals surface area contributed by atoms with Crippen LogP contribution >= 0.6 is 0 Å². The summed E-state index contributed by atoms with van der Waals surface area (Å²) in [5, 5.41) is 1.30. The number of carbonyl (C=O) groups is 1. The molecule has 0 aliphatic rings. The molecule has 0 fully saturated rings. The van der Waals surface area contributed by atoms with Gasteiger partial charge in [0.25, 0.3) is 0 Å². The van der Waals surface area contributed by atoms with E-state index in [2.05, 4.69) is 10.1 Å². The van der Waals surface area contributed by atoms with Crippen molar-refractivity contribution in [3.05, 3.63) is 42.5 Å². The molecule has 0 aliphatic heterocycles. The predicted molar refractivity (Wildman–Crippen MR) is 107 cm³/mol. The highest BCUT2D eigenvalue weighted by Crippen LogP contribution is 2.34. The standard InChI is InChI=1S/C20H23F2NO5S/c1-4-11-29(25,26)13(2)19(24)23-15-7-10-18(28-20(21)22)17(12-15)14-5-8-16(27-3)9-6-14/h5-10,12-13,20H,4,11H2,1-3H3,(H,23,24). The van der Waals surface area contributed by atoms with E-state index in [1.807, 2.05) is 0 Å². The summed E-state index contributed by atoms with van der Waals surface area (Å²) in [4.78, 5) is 12.4. The Hall–Kier alpha value is -2.68. The van der Waals surface area contributed by atoms with Crippen molar-refractivity contribution in [2.75, 3.05) is 18.2 Å². The van der Waals surface area contributed by atoms with Crippen molar-refractivity contribution in [3.63, 3.8) is 0 Å². The Morgan fingerprint density at radius 2 is 1.79 bits per heavy atom. The fourth-order valence-corrected chi connectivity index (χ4v) is 3.98. The van der Waals surface area contributed by atoms with E-state index < -0.39 is 27.6 Å². The first kappa shape index (κ1) is 22.6. The van der Waals surface area contributed by atoms with Crippen molar-refractivity contribution in [2.24, 2.45) is 0 Å². The second-order valence-electron chi connectivity index (χ2n) is 6.32. The van der Waals surface area contributed by atoms with E-state index >= 15 is 0 Å². The molecule has 158 valence electrons. The van der Waals surface area contributed by atoms with Gasteiger partial charge < -0.3 is 14.8 Å². The first-order valence-electron chi connectivity index (χ1n) is 8.93. The lowest BCUT2D eigenvalue weighted by Crippen LogP contribution is -2.34. The lowest BCUT2D eigenvalue weighted by molar-refractivity contribution is -0.115. The highest BCUT2D eigenvalue weighted by Gasteiger charge is 2.27. The smallest absolute Gasteiger partial charge is 0.387 e. The summed E-state index contributed by atoms with van der Waals surface area (Å²) >= 11 is 0.